The lowest BCUT2D eigenvalue weighted by Crippen LogP contribution is -2.39. The Morgan fingerprint density at radius 1 is 1.50 bits per heavy atom. The summed E-state index contributed by atoms with van der Waals surface area (Å²) in [5.41, 5.74) is 0.372. The van der Waals surface area contributed by atoms with Crippen LogP contribution in [0.25, 0.3) is 0 Å². The standard InChI is InChI=1S/C14H22N2O2/c1-4-14(2,13(17)18)11-16(3)10-8-12-7-5-6-9-15-12/h5-7,9H,4,8,10-11H2,1-3H3,(H,17,18). The average Bonchev–Trinajstić information content (AvgIpc) is 2.37. The molecule has 1 unspecified atom stereocenters. The van der Waals surface area contributed by atoms with Gasteiger partial charge in [-0.2, -0.15) is 0 Å². The SMILES string of the molecule is CCC(C)(CN(C)CCc1ccccn1)C(=O)O. The number of pyridine rings is 1. The van der Waals surface area contributed by atoms with Gasteiger partial charge in [0, 0.05) is 31.4 Å². The van der Waals surface area contributed by atoms with Gasteiger partial charge in [-0.1, -0.05) is 13.0 Å². The Kier molecular flexibility index (Phi) is 5.28. The summed E-state index contributed by atoms with van der Waals surface area (Å²) >= 11 is 0. The number of likely N-dealkylation sites (N-methyl/N-ethyl adjacent to an activating group) is 1. The Hall–Kier alpha value is -1.42. The molecule has 1 rings (SSSR count). The van der Waals surface area contributed by atoms with Crippen LogP contribution in [0, 0.1) is 5.41 Å². The van der Waals surface area contributed by atoms with Gasteiger partial charge in [0.05, 0.1) is 5.41 Å². The van der Waals surface area contributed by atoms with Crippen LogP contribution in [-0.2, 0) is 11.2 Å². The first-order chi connectivity index (χ1) is 8.48. The molecule has 1 aromatic rings. The van der Waals surface area contributed by atoms with Gasteiger partial charge in [0.2, 0.25) is 0 Å². The van der Waals surface area contributed by atoms with Crippen molar-refractivity contribution in [1.82, 2.24) is 9.88 Å². The Morgan fingerprint density at radius 2 is 2.22 bits per heavy atom. The molecular formula is C14H22N2O2. The van der Waals surface area contributed by atoms with E-state index in [1.165, 1.54) is 0 Å². The maximum absolute atomic E-state index is 11.2. The molecule has 0 fully saturated rings. The van der Waals surface area contributed by atoms with Gasteiger partial charge >= 0.3 is 5.97 Å². The van der Waals surface area contributed by atoms with Crippen LogP contribution in [0.5, 0.6) is 0 Å². The number of aromatic nitrogens is 1. The van der Waals surface area contributed by atoms with Crippen LogP contribution < -0.4 is 0 Å². The van der Waals surface area contributed by atoms with Crippen molar-refractivity contribution in [3.8, 4) is 0 Å². The fourth-order valence-electron chi connectivity index (χ4n) is 1.86. The molecule has 18 heavy (non-hydrogen) atoms. The third-order valence-corrected chi connectivity index (χ3v) is 3.39. The van der Waals surface area contributed by atoms with E-state index in [-0.39, 0.29) is 0 Å². The Labute approximate surface area is 109 Å². The molecule has 0 saturated heterocycles. The topological polar surface area (TPSA) is 53.4 Å². The zero-order chi connectivity index (χ0) is 13.6. The van der Waals surface area contributed by atoms with Gasteiger partial charge in [-0.3, -0.25) is 9.78 Å². The molecule has 0 spiro atoms. The highest BCUT2D eigenvalue weighted by Gasteiger charge is 2.32. The number of carbonyl (C=O) groups is 1. The number of carboxylic acid groups (broad SMARTS) is 1. The normalized spacial score (nSPS) is 14.4. The predicted molar refractivity (Wildman–Crippen MR) is 71.5 cm³/mol. The number of nitrogens with zero attached hydrogens (tertiary/aromatic N) is 2. The fourth-order valence-corrected chi connectivity index (χ4v) is 1.86. The van der Waals surface area contributed by atoms with Crippen LogP contribution >= 0.6 is 0 Å². The monoisotopic (exact) mass is 250 g/mol. The number of hydrogen-bond acceptors (Lipinski definition) is 3. The van der Waals surface area contributed by atoms with Crippen molar-refractivity contribution in [1.29, 1.82) is 0 Å². The molecule has 0 bridgehead atoms. The van der Waals surface area contributed by atoms with E-state index in [4.69, 9.17) is 0 Å². The van der Waals surface area contributed by atoms with E-state index in [1.807, 2.05) is 32.2 Å². The van der Waals surface area contributed by atoms with E-state index in [0.29, 0.717) is 13.0 Å². The van der Waals surface area contributed by atoms with Gasteiger partial charge in [-0.15, -0.1) is 0 Å². The van der Waals surface area contributed by atoms with Gasteiger partial charge in [0.1, 0.15) is 0 Å². The van der Waals surface area contributed by atoms with Crippen molar-refractivity contribution in [2.45, 2.75) is 26.7 Å². The predicted octanol–water partition coefficient (Wildman–Crippen LogP) is 2.06. The zero-order valence-corrected chi connectivity index (χ0v) is 11.4. The third-order valence-electron chi connectivity index (χ3n) is 3.39. The van der Waals surface area contributed by atoms with Gasteiger partial charge in [0.25, 0.3) is 0 Å². The summed E-state index contributed by atoms with van der Waals surface area (Å²) in [6.07, 6.45) is 3.26. The number of hydrogen-bond donors (Lipinski definition) is 1. The van der Waals surface area contributed by atoms with Crippen LogP contribution in [0.2, 0.25) is 0 Å². The molecule has 0 amide bonds. The minimum Gasteiger partial charge on any atom is -0.481 e. The van der Waals surface area contributed by atoms with Gasteiger partial charge in [0.15, 0.2) is 0 Å². The maximum Gasteiger partial charge on any atom is 0.310 e. The summed E-state index contributed by atoms with van der Waals surface area (Å²) in [4.78, 5) is 17.5. The van der Waals surface area contributed by atoms with E-state index in [2.05, 4.69) is 9.88 Å². The molecule has 0 radical (unpaired) electrons. The van der Waals surface area contributed by atoms with Crippen molar-refractivity contribution >= 4 is 5.97 Å². The Balaban J connectivity index is 2.47. The first kappa shape index (κ1) is 14.6. The summed E-state index contributed by atoms with van der Waals surface area (Å²) in [5.74, 6) is -0.727. The first-order valence-electron chi connectivity index (χ1n) is 6.30. The molecule has 1 aromatic heterocycles. The minimum absolute atomic E-state index is 0.561. The fraction of sp³-hybridized carbons (Fsp3) is 0.571. The van der Waals surface area contributed by atoms with Crippen molar-refractivity contribution in [2.75, 3.05) is 20.1 Å². The highest BCUT2D eigenvalue weighted by Crippen LogP contribution is 2.22. The molecule has 0 aliphatic heterocycles. The second kappa shape index (κ2) is 6.50. The summed E-state index contributed by atoms with van der Waals surface area (Å²) in [6.45, 7) is 5.10. The highest BCUT2D eigenvalue weighted by atomic mass is 16.4. The second-order valence-electron chi connectivity index (χ2n) is 5.03. The first-order valence-corrected chi connectivity index (χ1v) is 6.30. The van der Waals surface area contributed by atoms with Crippen LogP contribution in [0.1, 0.15) is 26.0 Å². The largest absolute Gasteiger partial charge is 0.481 e. The molecule has 0 aromatic carbocycles. The Morgan fingerprint density at radius 3 is 2.72 bits per heavy atom. The summed E-state index contributed by atoms with van der Waals surface area (Å²) in [6, 6.07) is 5.85. The lowest BCUT2D eigenvalue weighted by molar-refractivity contribution is -0.149. The molecule has 0 aliphatic carbocycles. The quantitative estimate of drug-likeness (QED) is 0.804. The molecule has 1 atom stereocenters. The van der Waals surface area contributed by atoms with Crippen molar-refractivity contribution < 1.29 is 9.90 Å². The molecule has 100 valence electrons. The molecule has 1 N–H and O–H groups in total. The second-order valence-corrected chi connectivity index (χ2v) is 5.03. The summed E-state index contributed by atoms with van der Waals surface area (Å²) in [5, 5.41) is 9.23. The number of aliphatic carboxylic acids is 1. The molecule has 1 heterocycles. The van der Waals surface area contributed by atoms with Crippen LogP contribution in [-0.4, -0.2) is 41.1 Å². The highest BCUT2D eigenvalue weighted by molar-refractivity contribution is 5.74. The number of rotatable bonds is 7. The zero-order valence-electron chi connectivity index (χ0n) is 11.4. The van der Waals surface area contributed by atoms with Gasteiger partial charge in [-0.05, 0) is 32.5 Å². The summed E-state index contributed by atoms with van der Waals surface area (Å²) < 4.78 is 0. The van der Waals surface area contributed by atoms with Crippen LogP contribution in [0.3, 0.4) is 0 Å². The van der Waals surface area contributed by atoms with E-state index in [9.17, 15) is 9.90 Å². The Bertz CT molecular complexity index is 381. The molecular weight excluding hydrogens is 228 g/mol. The number of carboxylic acids is 1. The molecule has 4 nitrogen and oxygen atoms in total. The van der Waals surface area contributed by atoms with Crippen molar-refractivity contribution in [2.24, 2.45) is 5.41 Å². The molecule has 0 saturated carbocycles. The van der Waals surface area contributed by atoms with E-state index < -0.39 is 11.4 Å². The lowest BCUT2D eigenvalue weighted by Gasteiger charge is -2.28. The van der Waals surface area contributed by atoms with Gasteiger partial charge in [-0.25, -0.2) is 0 Å². The van der Waals surface area contributed by atoms with E-state index >= 15 is 0 Å². The minimum atomic E-state index is -0.727. The van der Waals surface area contributed by atoms with Crippen LogP contribution in [0.4, 0.5) is 0 Å². The summed E-state index contributed by atoms with van der Waals surface area (Å²) in [7, 11) is 1.96. The van der Waals surface area contributed by atoms with E-state index in [0.717, 1.165) is 18.7 Å². The molecule has 4 heteroatoms. The maximum atomic E-state index is 11.2. The molecule has 0 aliphatic rings. The van der Waals surface area contributed by atoms with Crippen molar-refractivity contribution in [3.63, 3.8) is 0 Å². The van der Waals surface area contributed by atoms with Gasteiger partial charge < -0.3 is 10.0 Å². The lowest BCUT2D eigenvalue weighted by atomic mass is 9.87. The van der Waals surface area contributed by atoms with Crippen molar-refractivity contribution in [3.05, 3.63) is 30.1 Å². The third kappa shape index (κ3) is 4.11. The smallest absolute Gasteiger partial charge is 0.310 e. The van der Waals surface area contributed by atoms with E-state index in [1.54, 1.807) is 13.1 Å². The average molecular weight is 250 g/mol. The van der Waals surface area contributed by atoms with Crippen LogP contribution in [0.15, 0.2) is 24.4 Å².